The maximum Gasteiger partial charge on any atom is -0.00177 e. The molecule has 1 aromatic rings. The van der Waals surface area contributed by atoms with Crippen molar-refractivity contribution in [2.75, 3.05) is 13.1 Å². The lowest BCUT2D eigenvalue weighted by molar-refractivity contribution is 0.116. The number of hydrogen-bond donors (Lipinski definition) is 1. The molecule has 0 heterocycles. The van der Waals surface area contributed by atoms with Gasteiger partial charge in [-0.05, 0) is 74.9 Å². The van der Waals surface area contributed by atoms with Gasteiger partial charge in [0.1, 0.15) is 0 Å². The molecule has 21 heavy (non-hydrogen) atoms. The van der Waals surface area contributed by atoms with Crippen LogP contribution in [0, 0.1) is 24.2 Å². The van der Waals surface area contributed by atoms with Gasteiger partial charge in [-0.2, -0.15) is 0 Å². The molecule has 118 valence electrons. The molecular weight excluding hydrogens is 254 g/mol. The van der Waals surface area contributed by atoms with Crippen LogP contribution in [0.3, 0.4) is 0 Å². The number of aryl methyl sites for hydroxylation is 1. The van der Waals surface area contributed by atoms with Crippen LogP contribution in [-0.4, -0.2) is 13.1 Å². The van der Waals surface area contributed by atoms with Gasteiger partial charge < -0.3 is 5.32 Å². The van der Waals surface area contributed by atoms with E-state index in [1.165, 1.54) is 49.8 Å². The van der Waals surface area contributed by atoms with Crippen LogP contribution in [0.2, 0.25) is 0 Å². The molecule has 0 spiro atoms. The fourth-order valence-corrected chi connectivity index (χ4v) is 3.79. The summed E-state index contributed by atoms with van der Waals surface area (Å²) in [6.07, 6.45) is 6.64. The maximum absolute atomic E-state index is 3.66. The first-order chi connectivity index (χ1) is 10.00. The highest BCUT2D eigenvalue weighted by atomic mass is 14.9. The molecule has 1 aliphatic rings. The predicted octanol–water partition coefficient (Wildman–Crippen LogP) is 4.98. The zero-order chi connectivity index (χ0) is 15.3. The molecule has 0 saturated heterocycles. The van der Waals surface area contributed by atoms with Crippen molar-refractivity contribution in [2.45, 2.75) is 59.8 Å². The monoisotopic (exact) mass is 287 g/mol. The second kappa shape index (κ2) is 7.45. The molecule has 0 aromatic heterocycles. The normalized spacial score (nSPS) is 25.0. The predicted molar refractivity (Wildman–Crippen MR) is 92.7 cm³/mol. The van der Waals surface area contributed by atoms with Gasteiger partial charge in [0, 0.05) is 0 Å². The highest BCUT2D eigenvalue weighted by Gasteiger charge is 2.34. The minimum atomic E-state index is 0.524. The average molecular weight is 287 g/mol. The van der Waals surface area contributed by atoms with E-state index in [-0.39, 0.29) is 0 Å². The van der Waals surface area contributed by atoms with E-state index in [1.54, 1.807) is 0 Å². The van der Waals surface area contributed by atoms with Crippen molar-refractivity contribution < 1.29 is 0 Å². The molecule has 2 rings (SSSR count). The lowest BCUT2D eigenvalue weighted by Crippen LogP contribution is -2.37. The van der Waals surface area contributed by atoms with Gasteiger partial charge >= 0.3 is 0 Å². The summed E-state index contributed by atoms with van der Waals surface area (Å²) in [5, 5.41) is 3.66. The van der Waals surface area contributed by atoms with Crippen LogP contribution in [0.4, 0.5) is 0 Å². The summed E-state index contributed by atoms with van der Waals surface area (Å²) in [6, 6.07) is 9.17. The minimum Gasteiger partial charge on any atom is -0.316 e. The summed E-state index contributed by atoms with van der Waals surface area (Å²) in [5.74, 6) is 1.69. The van der Waals surface area contributed by atoms with Gasteiger partial charge in [0.15, 0.2) is 0 Å². The molecule has 0 amide bonds. The second-order valence-corrected chi connectivity index (χ2v) is 7.82. The molecule has 0 aliphatic heterocycles. The third kappa shape index (κ3) is 5.14. The first-order valence-corrected chi connectivity index (χ1v) is 8.76. The van der Waals surface area contributed by atoms with Crippen molar-refractivity contribution in [1.29, 1.82) is 0 Å². The van der Waals surface area contributed by atoms with E-state index < -0.39 is 0 Å². The van der Waals surface area contributed by atoms with Crippen LogP contribution in [0.1, 0.15) is 57.6 Å². The van der Waals surface area contributed by atoms with Gasteiger partial charge in [0.2, 0.25) is 0 Å². The van der Waals surface area contributed by atoms with Crippen LogP contribution < -0.4 is 5.32 Å². The Hall–Kier alpha value is -0.820. The maximum atomic E-state index is 3.66. The molecule has 1 heteroatoms. The van der Waals surface area contributed by atoms with Gasteiger partial charge in [0.25, 0.3) is 0 Å². The molecule has 1 N–H and O–H groups in total. The van der Waals surface area contributed by atoms with E-state index in [0.717, 1.165) is 18.4 Å². The summed E-state index contributed by atoms with van der Waals surface area (Å²) < 4.78 is 0. The Morgan fingerprint density at radius 1 is 1.14 bits per heavy atom. The smallest absolute Gasteiger partial charge is 0.00177 e. The van der Waals surface area contributed by atoms with Crippen molar-refractivity contribution in [2.24, 2.45) is 17.3 Å². The molecule has 0 bridgehead atoms. The van der Waals surface area contributed by atoms with Crippen LogP contribution in [0.15, 0.2) is 24.3 Å². The van der Waals surface area contributed by atoms with Crippen molar-refractivity contribution in [3.05, 3.63) is 35.4 Å². The lowest BCUT2D eigenvalue weighted by atomic mass is 9.65. The third-order valence-corrected chi connectivity index (χ3v) is 5.13. The van der Waals surface area contributed by atoms with Crippen molar-refractivity contribution in [1.82, 2.24) is 5.32 Å². The van der Waals surface area contributed by atoms with Gasteiger partial charge in [-0.25, -0.2) is 0 Å². The van der Waals surface area contributed by atoms with Gasteiger partial charge in [-0.3, -0.25) is 0 Å². The molecule has 1 nitrogen and oxygen atoms in total. The number of benzene rings is 1. The summed E-state index contributed by atoms with van der Waals surface area (Å²) in [4.78, 5) is 0. The van der Waals surface area contributed by atoms with Crippen molar-refractivity contribution in [3.8, 4) is 0 Å². The largest absolute Gasteiger partial charge is 0.316 e. The molecular formula is C20H33N. The highest BCUT2D eigenvalue weighted by molar-refractivity contribution is 5.22. The summed E-state index contributed by atoms with van der Waals surface area (Å²) in [7, 11) is 0. The second-order valence-electron chi connectivity index (χ2n) is 7.82. The van der Waals surface area contributed by atoms with Gasteiger partial charge in [-0.15, -0.1) is 0 Å². The standard InChI is InChI=1S/C20H33N/c1-5-12-21-15-18-10-11-20(3,4)14-19(18)13-17-8-6-16(2)7-9-17/h6-9,18-19,21H,5,10-15H2,1-4H3. The molecule has 2 atom stereocenters. The fourth-order valence-electron chi connectivity index (χ4n) is 3.79. The first-order valence-electron chi connectivity index (χ1n) is 8.76. The first kappa shape index (κ1) is 16.5. The Bertz CT molecular complexity index is 418. The van der Waals surface area contributed by atoms with Gasteiger partial charge in [0.05, 0.1) is 0 Å². The van der Waals surface area contributed by atoms with Crippen LogP contribution in [0.5, 0.6) is 0 Å². The number of hydrogen-bond acceptors (Lipinski definition) is 1. The van der Waals surface area contributed by atoms with E-state index in [2.05, 4.69) is 57.3 Å². The number of nitrogens with one attached hydrogen (secondary N) is 1. The van der Waals surface area contributed by atoms with Crippen LogP contribution >= 0.6 is 0 Å². The van der Waals surface area contributed by atoms with E-state index in [1.807, 2.05) is 0 Å². The van der Waals surface area contributed by atoms with Crippen LogP contribution in [-0.2, 0) is 6.42 Å². The summed E-state index contributed by atoms with van der Waals surface area (Å²) in [5.41, 5.74) is 3.41. The Kier molecular flexibility index (Phi) is 5.87. The van der Waals surface area contributed by atoms with E-state index in [9.17, 15) is 0 Å². The zero-order valence-electron chi connectivity index (χ0n) is 14.4. The third-order valence-electron chi connectivity index (χ3n) is 5.13. The highest BCUT2D eigenvalue weighted by Crippen LogP contribution is 2.43. The topological polar surface area (TPSA) is 12.0 Å². The zero-order valence-corrected chi connectivity index (χ0v) is 14.4. The van der Waals surface area contributed by atoms with Crippen LogP contribution in [0.25, 0.3) is 0 Å². The Balaban J connectivity index is 2.00. The van der Waals surface area contributed by atoms with E-state index in [4.69, 9.17) is 0 Å². The quantitative estimate of drug-likeness (QED) is 0.728. The van der Waals surface area contributed by atoms with Crippen molar-refractivity contribution in [3.63, 3.8) is 0 Å². The SMILES string of the molecule is CCCNCC1CCC(C)(C)CC1Cc1ccc(C)cc1. The number of rotatable bonds is 6. The van der Waals surface area contributed by atoms with Gasteiger partial charge in [-0.1, -0.05) is 50.6 Å². The fraction of sp³-hybridized carbons (Fsp3) is 0.700. The Morgan fingerprint density at radius 3 is 2.52 bits per heavy atom. The molecule has 1 aliphatic carbocycles. The molecule has 2 unspecified atom stereocenters. The van der Waals surface area contributed by atoms with E-state index >= 15 is 0 Å². The molecule has 0 radical (unpaired) electrons. The van der Waals surface area contributed by atoms with Crippen molar-refractivity contribution >= 4 is 0 Å². The lowest BCUT2D eigenvalue weighted by Gasteiger charge is -2.41. The molecule has 1 fully saturated rings. The Morgan fingerprint density at radius 2 is 1.86 bits per heavy atom. The van der Waals surface area contributed by atoms with E-state index in [0.29, 0.717) is 5.41 Å². The summed E-state index contributed by atoms with van der Waals surface area (Å²) in [6.45, 7) is 11.7. The average Bonchev–Trinajstić information content (AvgIpc) is 2.43. The summed E-state index contributed by atoms with van der Waals surface area (Å²) >= 11 is 0. The Labute approximate surface area is 131 Å². The molecule has 1 saturated carbocycles. The minimum absolute atomic E-state index is 0.524. The molecule has 1 aromatic carbocycles.